The van der Waals surface area contributed by atoms with E-state index < -0.39 is 11.6 Å². The average molecular weight is 465 g/mol. The van der Waals surface area contributed by atoms with Crippen LogP contribution in [0.1, 0.15) is 86.8 Å². The van der Waals surface area contributed by atoms with E-state index in [1.54, 1.807) is 6.07 Å². The van der Waals surface area contributed by atoms with Crippen molar-refractivity contribution in [3.63, 3.8) is 0 Å². The van der Waals surface area contributed by atoms with Crippen LogP contribution in [0.2, 0.25) is 0 Å². The smallest absolute Gasteiger partial charge is 0.201 e. The molecular weight excluding hydrogens is 426 g/mol. The van der Waals surface area contributed by atoms with Crippen molar-refractivity contribution in [3.05, 3.63) is 83.5 Å². The Morgan fingerprint density at radius 2 is 1.68 bits per heavy atom. The largest absolute Gasteiger partial charge is 0.494 e. The Hall–Kier alpha value is -2.42. The fourth-order valence-corrected chi connectivity index (χ4v) is 5.96. The summed E-state index contributed by atoms with van der Waals surface area (Å²) >= 11 is 0. The predicted octanol–water partition coefficient (Wildman–Crippen LogP) is 9.03. The summed E-state index contributed by atoms with van der Waals surface area (Å²) in [6.45, 7) is 3.80. The Labute approximate surface area is 203 Å². The maximum absolute atomic E-state index is 14.5. The summed E-state index contributed by atoms with van der Waals surface area (Å²) in [4.78, 5) is 0. The molecule has 2 aliphatic carbocycles. The molecule has 0 saturated heterocycles. The molecular formula is C31H38F2O. The molecule has 1 atom stereocenters. The first-order valence-corrected chi connectivity index (χ1v) is 13.0. The van der Waals surface area contributed by atoms with Crippen molar-refractivity contribution >= 4 is 5.57 Å². The standard InChI is InChI=1S/C31H38F2O/c1-3-4-5-6-7-22-8-10-23(11-9-22)24-12-14-25(15-13-24)26-16-18-27(19-17-26)28-20-21-29(34-2)31(33)30(28)32/h3,8-11,18,20-21,24-26H,1,4-7,12-17,19H2,2H3. The number of aryl methyl sites for hydroxylation is 1. The van der Waals surface area contributed by atoms with Crippen molar-refractivity contribution in [2.24, 2.45) is 11.8 Å². The highest BCUT2D eigenvalue weighted by atomic mass is 19.2. The van der Waals surface area contributed by atoms with E-state index in [4.69, 9.17) is 4.74 Å². The van der Waals surface area contributed by atoms with E-state index >= 15 is 0 Å². The zero-order valence-corrected chi connectivity index (χ0v) is 20.5. The van der Waals surface area contributed by atoms with Crippen molar-refractivity contribution in [1.29, 1.82) is 0 Å². The fourth-order valence-electron chi connectivity index (χ4n) is 5.96. The van der Waals surface area contributed by atoms with Crippen molar-refractivity contribution < 1.29 is 13.5 Å². The summed E-state index contributed by atoms with van der Waals surface area (Å²) in [5.41, 5.74) is 4.27. The number of hydrogen-bond donors (Lipinski definition) is 0. The van der Waals surface area contributed by atoms with Crippen LogP contribution >= 0.6 is 0 Å². The number of rotatable bonds is 9. The van der Waals surface area contributed by atoms with Gasteiger partial charge in [0.15, 0.2) is 11.6 Å². The van der Waals surface area contributed by atoms with Gasteiger partial charge in [-0.15, -0.1) is 6.58 Å². The summed E-state index contributed by atoms with van der Waals surface area (Å²) < 4.78 is 33.5. The lowest BCUT2D eigenvalue weighted by atomic mass is 9.70. The lowest BCUT2D eigenvalue weighted by molar-refractivity contribution is 0.220. The van der Waals surface area contributed by atoms with Gasteiger partial charge in [0, 0.05) is 5.56 Å². The average Bonchev–Trinajstić information content (AvgIpc) is 2.89. The molecule has 0 aromatic heterocycles. The second-order valence-electron chi connectivity index (χ2n) is 10.1. The summed E-state index contributed by atoms with van der Waals surface area (Å²) in [6.07, 6.45) is 16.8. The second-order valence-corrected chi connectivity index (χ2v) is 10.1. The van der Waals surface area contributed by atoms with Crippen molar-refractivity contribution in [2.75, 3.05) is 7.11 Å². The Morgan fingerprint density at radius 1 is 0.912 bits per heavy atom. The van der Waals surface area contributed by atoms with E-state index in [1.165, 1.54) is 62.8 Å². The third kappa shape index (κ3) is 5.79. The molecule has 1 saturated carbocycles. The monoisotopic (exact) mass is 464 g/mol. The van der Waals surface area contributed by atoms with Crippen molar-refractivity contribution in [3.8, 4) is 5.75 Å². The first-order valence-electron chi connectivity index (χ1n) is 13.0. The Bertz CT molecular complexity index is 983. The number of allylic oxidation sites excluding steroid dienone is 3. The molecule has 0 radical (unpaired) electrons. The Morgan fingerprint density at radius 3 is 2.32 bits per heavy atom. The maximum Gasteiger partial charge on any atom is 0.201 e. The van der Waals surface area contributed by atoms with Crippen LogP contribution in [-0.4, -0.2) is 7.11 Å². The molecule has 0 aliphatic heterocycles. The summed E-state index contributed by atoms with van der Waals surface area (Å²) in [7, 11) is 1.36. The van der Waals surface area contributed by atoms with E-state index in [0.29, 0.717) is 17.4 Å². The summed E-state index contributed by atoms with van der Waals surface area (Å²) in [6, 6.07) is 12.5. The summed E-state index contributed by atoms with van der Waals surface area (Å²) in [5.74, 6) is 0.376. The van der Waals surface area contributed by atoms with Crippen LogP contribution in [0.15, 0.2) is 55.1 Å². The van der Waals surface area contributed by atoms with Gasteiger partial charge in [-0.3, -0.25) is 0 Å². The molecule has 0 heterocycles. The maximum atomic E-state index is 14.5. The molecule has 2 aromatic rings. The third-order valence-corrected chi connectivity index (χ3v) is 8.08. The van der Waals surface area contributed by atoms with Crippen molar-refractivity contribution in [2.45, 2.75) is 76.5 Å². The molecule has 4 rings (SSSR count). The highest BCUT2D eigenvalue weighted by molar-refractivity contribution is 5.67. The zero-order chi connectivity index (χ0) is 23.9. The molecule has 0 amide bonds. The van der Waals surface area contributed by atoms with Gasteiger partial charge in [0.2, 0.25) is 5.82 Å². The summed E-state index contributed by atoms with van der Waals surface area (Å²) in [5, 5.41) is 0. The molecule has 2 aliphatic rings. The molecule has 1 fully saturated rings. The van der Waals surface area contributed by atoms with Gasteiger partial charge in [-0.1, -0.05) is 36.4 Å². The van der Waals surface area contributed by atoms with E-state index in [9.17, 15) is 8.78 Å². The molecule has 3 heteroatoms. The molecule has 182 valence electrons. The highest BCUT2D eigenvalue weighted by Gasteiger charge is 2.30. The lowest BCUT2D eigenvalue weighted by Crippen LogP contribution is -2.22. The van der Waals surface area contributed by atoms with Crippen LogP contribution in [-0.2, 0) is 6.42 Å². The van der Waals surface area contributed by atoms with Crippen LogP contribution in [0.5, 0.6) is 5.75 Å². The lowest BCUT2D eigenvalue weighted by Gasteiger charge is -2.35. The van der Waals surface area contributed by atoms with E-state index in [2.05, 4.69) is 36.9 Å². The number of ether oxygens (including phenoxy) is 1. The number of methoxy groups -OCH3 is 1. The molecule has 1 nitrogen and oxygen atoms in total. The first-order chi connectivity index (χ1) is 16.6. The van der Waals surface area contributed by atoms with Gasteiger partial charge in [-0.05, 0) is 117 Å². The van der Waals surface area contributed by atoms with E-state index in [0.717, 1.165) is 43.6 Å². The fraction of sp³-hybridized carbons (Fsp3) is 0.484. The van der Waals surface area contributed by atoms with E-state index in [1.807, 2.05) is 6.08 Å². The second kappa shape index (κ2) is 11.8. The Balaban J connectivity index is 1.28. The minimum Gasteiger partial charge on any atom is -0.494 e. The molecule has 0 spiro atoms. The molecule has 1 unspecified atom stereocenters. The number of unbranched alkanes of at least 4 members (excludes halogenated alkanes) is 2. The van der Waals surface area contributed by atoms with Crippen LogP contribution < -0.4 is 4.74 Å². The number of hydrogen-bond acceptors (Lipinski definition) is 1. The molecule has 34 heavy (non-hydrogen) atoms. The van der Waals surface area contributed by atoms with Gasteiger partial charge < -0.3 is 4.74 Å². The SMILES string of the molecule is C=CCCCCc1ccc(C2CCC(C3CC=C(c4ccc(OC)c(F)c4F)CC3)CC2)cc1. The highest BCUT2D eigenvalue weighted by Crippen LogP contribution is 2.44. The first kappa shape index (κ1) is 24.7. The molecule has 0 bridgehead atoms. The van der Waals surface area contributed by atoms with E-state index in [-0.39, 0.29) is 5.75 Å². The van der Waals surface area contributed by atoms with Gasteiger partial charge in [0.05, 0.1) is 7.11 Å². The Kier molecular flexibility index (Phi) is 8.59. The third-order valence-electron chi connectivity index (χ3n) is 8.08. The van der Waals surface area contributed by atoms with Gasteiger partial charge in [-0.2, -0.15) is 4.39 Å². The number of halogens is 2. The minimum atomic E-state index is -0.887. The van der Waals surface area contributed by atoms with Crippen LogP contribution in [0.3, 0.4) is 0 Å². The molecule has 2 aromatic carbocycles. The molecule has 0 N–H and O–H groups in total. The van der Waals surface area contributed by atoms with Gasteiger partial charge >= 0.3 is 0 Å². The van der Waals surface area contributed by atoms with Crippen LogP contribution in [0.4, 0.5) is 8.78 Å². The minimum absolute atomic E-state index is 0.0366. The normalized spacial score (nSPS) is 22.8. The van der Waals surface area contributed by atoms with Crippen molar-refractivity contribution in [1.82, 2.24) is 0 Å². The van der Waals surface area contributed by atoms with Gasteiger partial charge in [0.1, 0.15) is 0 Å². The van der Waals surface area contributed by atoms with Gasteiger partial charge in [-0.25, -0.2) is 4.39 Å². The van der Waals surface area contributed by atoms with Gasteiger partial charge in [0.25, 0.3) is 0 Å². The zero-order valence-electron chi connectivity index (χ0n) is 20.5. The topological polar surface area (TPSA) is 9.23 Å². The number of benzene rings is 2. The quantitative estimate of drug-likeness (QED) is 0.266. The van der Waals surface area contributed by atoms with Crippen LogP contribution in [0, 0.1) is 23.5 Å². The van der Waals surface area contributed by atoms with Crippen LogP contribution in [0.25, 0.3) is 5.57 Å². The predicted molar refractivity (Wildman–Crippen MR) is 137 cm³/mol.